The van der Waals surface area contributed by atoms with Crippen LogP contribution >= 0.6 is 0 Å². The molecule has 1 amide bonds. The van der Waals surface area contributed by atoms with E-state index in [2.05, 4.69) is 36.4 Å². The monoisotopic (exact) mass is 560 g/mol. The molecular formula is C36H36N2O4. The molecule has 0 aromatic heterocycles. The number of carbonyl (C=O) groups excluding carboxylic acids is 1. The molecule has 0 spiro atoms. The summed E-state index contributed by atoms with van der Waals surface area (Å²) in [6, 6.07) is 30.0. The Morgan fingerprint density at radius 2 is 1.50 bits per heavy atom. The lowest BCUT2D eigenvalue weighted by molar-refractivity contribution is -0.135. The van der Waals surface area contributed by atoms with E-state index in [0.29, 0.717) is 19.0 Å². The maximum absolute atomic E-state index is 13.8. The zero-order valence-electron chi connectivity index (χ0n) is 24.2. The van der Waals surface area contributed by atoms with Gasteiger partial charge in [0, 0.05) is 5.92 Å². The number of rotatable bonds is 9. The maximum Gasteiger partial charge on any atom is 0.281 e. The number of amides is 1. The van der Waals surface area contributed by atoms with Crippen LogP contribution in [0.25, 0.3) is 16.8 Å². The molecule has 0 bridgehead atoms. The van der Waals surface area contributed by atoms with Crippen LogP contribution in [-0.4, -0.2) is 36.4 Å². The predicted octanol–water partition coefficient (Wildman–Crippen LogP) is 7.84. The van der Waals surface area contributed by atoms with Gasteiger partial charge in [0.25, 0.3) is 5.91 Å². The van der Waals surface area contributed by atoms with E-state index in [-0.39, 0.29) is 24.5 Å². The van der Waals surface area contributed by atoms with Gasteiger partial charge in [-0.15, -0.1) is 0 Å². The third-order valence-electron chi connectivity index (χ3n) is 7.90. The fourth-order valence-corrected chi connectivity index (χ4v) is 5.96. The molecule has 1 aliphatic heterocycles. The summed E-state index contributed by atoms with van der Waals surface area (Å²) >= 11 is 0. The van der Waals surface area contributed by atoms with E-state index < -0.39 is 0 Å². The van der Waals surface area contributed by atoms with Crippen LogP contribution in [0.2, 0.25) is 0 Å². The first-order valence-corrected chi connectivity index (χ1v) is 14.8. The minimum Gasteiger partial charge on any atom is -0.494 e. The quantitative estimate of drug-likeness (QED) is 0.209. The van der Waals surface area contributed by atoms with Crippen molar-refractivity contribution < 1.29 is 19.0 Å². The summed E-state index contributed by atoms with van der Waals surface area (Å²) < 4.78 is 17.3. The molecule has 6 rings (SSSR count). The van der Waals surface area contributed by atoms with Crippen LogP contribution in [-0.2, 0) is 4.79 Å². The lowest BCUT2D eigenvalue weighted by Crippen LogP contribution is -2.34. The molecule has 1 aliphatic carbocycles. The van der Waals surface area contributed by atoms with E-state index in [0.717, 1.165) is 58.4 Å². The number of carbonyl (C=O) groups is 1. The smallest absolute Gasteiger partial charge is 0.281 e. The van der Waals surface area contributed by atoms with Gasteiger partial charge in [-0.3, -0.25) is 4.79 Å². The third kappa shape index (κ3) is 5.89. The highest BCUT2D eigenvalue weighted by Crippen LogP contribution is 2.44. The molecule has 42 heavy (non-hydrogen) atoms. The Morgan fingerprint density at radius 1 is 0.833 bits per heavy atom. The first kappa shape index (κ1) is 27.6. The van der Waals surface area contributed by atoms with Gasteiger partial charge in [0.05, 0.1) is 25.0 Å². The van der Waals surface area contributed by atoms with Crippen molar-refractivity contribution in [1.29, 1.82) is 0 Å². The van der Waals surface area contributed by atoms with Crippen molar-refractivity contribution in [2.24, 2.45) is 11.0 Å². The zero-order chi connectivity index (χ0) is 28.9. The standard InChI is InChI=1S/C36H36N2O4/c1-3-40-30-17-12-25(13-18-30)22-29-10-7-11-33-35(29)37-38(36(33)27-15-19-31(20-16-27)41-4-2)34(39)24-42-32-21-14-26-8-5-6-9-28(26)23-32/h5-6,8-9,12-23,33,36H,3-4,7,10-11,24H2,1-2H3/b29-22-/t33-,36+/m0/s1. The summed E-state index contributed by atoms with van der Waals surface area (Å²) in [4.78, 5) is 13.8. The third-order valence-corrected chi connectivity index (χ3v) is 7.90. The fourth-order valence-electron chi connectivity index (χ4n) is 5.96. The number of hydrogen-bond acceptors (Lipinski definition) is 5. The van der Waals surface area contributed by atoms with Gasteiger partial charge in [-0.1, -0.05) is 54.6 Å². The van der Waals surface area contributed by atoms with Crippen LogP contribution in [0.1, 0.15) is 50.3 Å². The normalized spacial score (nSPS) is 19.0. The van der Waals surface area contributed by atoms with E-state index in [1.165, 1.54) is 5.57 Å². The Morgan fingerprint density at radius 3 is 2.21 bits per heavy atom. The Labute approximate surface area is 247 Å². The van der Waals surface area contributed by atoms with Crippen LogP contribution in [0.3, 0.4) is 0 Å². The Bertz CT molecular complexity index is 1610. The summed E-state index contributed by atoms with van der Waals surface area (Å²) in [6.45, 7) is 5.11. The first-order chi connectivity index (χ1) is 20.6. The zero-order valence-corrected chi connectivity index (χ0v) is 24.2. The summed E-state index contributed by atoms with van der Waals surface area (Å²) in [6.07, 6.45) is 5.13. The average molecular weight is 561 g/mol. The first-order valence-electron chi connectivity index (χ1n) is 14.8. The molecular weight excluding hydrogens is 524 g/mol. The maximum atomic E-state index is 13.8. The van der Waals surface area contributed by atoms with Gasteiger partial charge in [-0.05, 0) is 103 Å². The van der Waals surface area contributed by atoms with Gasteiger partial charge in [0.15, 0.2) is 6.61 Å². The van der Waals surface area contributed by atoms with Crippen LogP contribution in [0.5, 0.6) is 17.2 Å². The number of benzene rings is 4. The molecule has 6 nitrogen and oxygen atoms in total. The van der Waals surface area contributed by atoms with E-state index in [9.17, 15) is 4.79 Å². The molecule has 4 aromatic carbocycles. The lowest BCUT2D eigenvalue weighted by atomic mass is 9.77. The molecule has 0 N–H and O–H groups in total. The highest BCUT2D eigenvalue weighted by atomic mass is 16.5. The van der Waals surface area contributed by atoms with Crippen molar-refractivity contribution in [1.82, 2.24) is 5.01 Å². The topological polar surface area (TPSA) is 60.4 Å². The van der Waals surface area contributed by atoms with E-state index in [1.807, 2.05) is 74.5 Å². The van der Waals surface area contributed by atoms with Gasteiger partial charge in [-0.2, -0.15) is 5.10 Å². The molecule has 0 saturated heterocycles. The molecule has 214 valence electrons. The summed E-state index contributed by atoms with van der Waals surface area (Å²) in [5.41, 5.74) is 4.31. The Balaban J connectivity index is 1.29. The van der Waals surface area contributed by atoms with E-state index >= 15 is 0 Å². The number of nitrogens with zero attached hydrogens (tertiary/aromatic N) is 2. The molecule has 4 aromatic rings. The Kier molecular flexibility index (Phi) is 8.22. The lowest BCUT2D eigenvalue weighted by Gasteiger charge is -2.29. The van der Waals surface area contributed by atoms with Crippen molar-refractivity contribution >= 4 is 28.5 Å². The number of hydrazone groups is 1. The van der Waals surface area contributed by atoms with Crippen molar-refractivity contribution in [2.75, 3.05) is 19.8 Å². The van der Waals surface area contributed by atoms with Gasteiger partial charge < -0.3 is 14.2 Å². The summed E-state index contributed by atoms with van der Waals surface area (Å²) in [5.74, 6) is 2.29. The molecule has 2 aliphatic rings. The highest BCUT2D eigenvalue weighted by molar-refractivity contribution is 6.08. The predicted molar refractivity (Wildman–Crippen MR) is 167 cm³/mol. The van der Waals surface area contributed by atoms with E-state index in [1.54, 1.807) is 5.01 Å². The minimum absolute atomic E-state index is 0.0900. The van der Waals surface area contributed by atoms with Gasteiger partial charge >= 0.3 is 0 Å². The van der Waals surface area contributed by atoms with Crippen LogP contribution < -0.4 is 14.2 Å². The molecule has 2 atom stereocenters. The number of fused-ring (bicyclic) bond motifs is 2. The van der Waals surface area contributed by atoms with Gasteiger partial charge in [0.2, 0.25) is 0 Å². The number of hydrogen-bond donors (Lipinski definition) is 0. The number of allylic oxidation sites excluding steroid dienone is 1. The summed E-state index contributed by atoms with van der Waals surface area (Å²) in [5, 5.41) is 8.88. The molecule has 0 unspecified atom stereocenters. The second-order valence-electron chi connectivity index (χ2n) is 10.6. The summed E-state index contributed by atoms with van der Waals surface area (Å²) in [7, 11) is 0. The van der Waals surface area contributed by atoms with Gasteiger partial charge in [0.1, 0.15) is 17.2 Å². The van der Waals surface area contributed by atoms with Gasteiger partial charge in [-0.25, -0.2) is 5.01 Å². The molecule has 1 fully saturated rings. The van der Waals surface area contributed by atoms with Crippen molar-refractivity contribution in [3.8, 4) is 17.2 Å². The fraction of sp³-hybridized carbons (Fsp3) is 0.278. The number of ether oxygens (including phenoxy) is 3. The SMILES string of the molecule is CCOc1ccc(/C=C2/CCC[C@H]3C2=NN(C(=O)COc2ccc4ccccc4c2)[C@@H]3c2ccc(OCC)cc2)cc1. The van der Waals surface area contributed by atoms with Crippen LogP contribution in [0.15, 0.2) is 102 Å². The highest BCUT2D eigenvalue weighted by Gasteiger charge is 2.43. The van der Waals surface area contributed by atoms with Crippen molar-refractivity contribution in [3.63, 3.8) is 0 Å². The van der Waals surface area contributed by atoms with Crippen molar-refractivity contribution in [2.45, 2.75) is 39.2 Å². The largest absolute Gasteiger partial charge is 0.494 e. The van der Waals surface area contributed by atoms with Crippen molar-refractivity contribution in [3.05, 3.63) is 108 Å². The molecule has 1 saturated carbocycles. The average Bonchev–Trinajstić information content (AvgIpc) is 3.42. The van der Waals surface area contributed by atoms with Crippen LogP contribution in [0, 0.1) is 5.92 Å². The second-order valence-corrected chi connectivity index (χ2v) is 10.6. The van der Waals surface area contributed by atoms with E-state index in [4.69, 9.17) is 19.3 Å². The minimum atomic E-state index is -0.201. The molecule has 6 heteroatoms. The second kappa shape index (κ2) is 12.5. The molecule has 1 heterocycles. The van der Waals surface area contributed by atoms with Crippen LogP contribution in [0.4, 0.5) is 0 Å². The molecule has 0 radical (unpaired) electrons. The Hall–Kier alpha value is -4.58.